The van der Waals surface area contributed by atoms with Crippen LogP contribution in [0.1, 0.15) is 19.3 Å². The minimum absolute atomic E-state index is 0.115. The third-order valence-electron chi connectivity index (χ3n) is 8.31. The lowest BCUT2D eigenvalue weighted by Crippen LogP contribution is -2.44. The van der Waals surface area contributed by atoms with Gasteiger partial charge in [0.2, 0.25) is 0 Å². The van der Waals surface area contributed by atoms with E-state index in [0.717, 1.165) is 56.5 Å². The van der Waals surface area contributed by atoms with Crippen molar-refractivity contribution in [3.63, 3.8) is 0 Å². The van der Waals surface area contributed by atoms with Crippen LogP contribution in [0.25, 0.3) is 33.1 Å². The summed E-state index contributed by atoms with van der Waals surface area (Å²) in [6, 6.07) is 5.78. The lowest BCUT2D eigenvalue weighted by atomic mass is 9.95. The van der Waals surface area contributed by atoms with E-state index in [1.54, 1.807) is 17.1 Å². The molecule has 3 aliphatic rings. The van der Waals surface area contributed by atoms with Gasteiger partial charge in [0, 0.05) is 63.3 Å². The van der Waals surface area contributed by atoms with Gasteiger partial charge in [-0.05, 0) is 19.4 Å². The molecular weight excluding hydrogens is 490 g/mol. The van der Waals surface area contributed by atoms with Crippen LogP contribution in [0.3, 0.4) is 0 Å². The molecule has 198 valence electrons. The fourth-order valence-corrected chi connectivity index (χ4v) is 6.46. The Labute approximate surface area is 218 Å². The first kappa shape index (κ1) is 23.7. The number of nitrogens with one attached hydrogen (secondary N) is 1. The summed E-state index contributed by atoms with van der Waals surface area (Å²) in [4.78, 5) is 18.2. The zero-order valence-electron chi connectivity index (χ0n) is 21.3. The minimum Gasteiger partial charge on any atom is -0.461 e. The van der Waals surface area contributed by atoms with Crippen molar-refractivity contribution in [1.82, 2.24) is 34.9 Å². The first-order chi connectivity index (χ1) is 18.5. The van der Waals surface area contributed by atoms with Gasteiger partial charge in [0.05, 0.1) is 22.6 Å². The van der Waals surface area contributed by atoms with Crippen LogP contribution in [0, 0.1) is 5.82 Å². The molecule has 38 heavy (non-hydrogen) atoms. The van der Waals surface area contributed by atoms with Crippen LogP contribution in [-0.4, -0.2) is 87.2 Å². The summed E-state index contributed by atoms with van der Waals surface area (Å²) in [6.45, 7) is 4.65. The maximum Gasteiger partial charge on any atom is 0.319 e. The molecule has 0 unspecified atom stereocenters. The monoisotopic (exact) mass is 520 g/mol. The van der Waals surface area contributed by atoms with Crippen molar-refractivity contribution in [3.05, 3.63) is 36.4 Å². The summed E-state index contributed by atoms with van der Waals surface area (Å²) >= 11 is 0. The lowest BCUT2D eigenvalue weighted by molar-refractivity contribution is 0.107. The van der Waals surface area contributed by atoms with E-state index in [4.69, 9.17) is 9.72 Å². The van der Waals surface area contributed by atoms with Crippen LogP contribution in [0.15, 0.2) is 30.6 Å². The van der Waals surface area contributed by atoms with Gasteiger partial charge in [-0.2, -0.15) is 15.1 Å². The number of rotatable bonds is 5. The molecule has 9 nitrogen and oxygen atoms in total. The van der Waals surface area contributed by atoms with Crippen molar-refractivity contribution in [2.75, 3.05) is 50.8 Å². The second kappa shape index (κ2) is 9.09. The normalized spacial score (nSPS) is 24.0. The highest BCUT2D eigenvalue weighted by molar-refractivity contribution is 5.97. The molecule has 1 N–H and O–H groups in total. The van der Waals surface area contributed by atoms with E-state index in [-0.39, 0.29) is 29.4 Å². The fourth-order valence-electron chi connectivity index (χ4n) is 6.46. The quantitative estimate of drug-likeness (QED) is 0.430. The molecule has 3 aliphatic heterocycles. The largest absolute Gasteiger partial charge is 0.461 e. The van der Waals surface area contributed by atoms with Gasteiger partial charge in [-0.1, -0.05) is 18.2 Å². The number of aromatic nitrogens is 5. The Morgan fingerprint density at radius 2 is 2.03 bits per heavy atom. The topological polar surface area (TPSA) is 84.2 Å². The van der Waals surface area contributed by atoms with Gasteiger partial charge in [-0.25, -0.2) is 8.78 Å². The SMILES string of the molecule is Cn1ncc2cccc(-c3ncc4c(N5CCNCC5)nc(OC[C@@]56CCCN5C[C@H](F)C6)nc4c3F)c21. The van der Waals surface area contributed by atoms with E-state index in [9.17, 15) is 4.39 Å². The first-order valence-electron chi connectivity index (χ1n) is 13.3. The number of fused-ring (bicyclic) bond motifs is 3. The number of pyridine rings is 1. The average Bonchev–Trinajstić information content (AvgIpc) is 3.60. The Balaban J connectivity index is 1.33. The minimum atomic E-state index is -0.853. The molecule has 6 heterocycles. The van der Waals surface area contributed by atoms with Gasteiger partial charge in [0.15, 0.2) is 5.82 Å². The Kier molecular flexibility index (Phi) is 5.66. The van der Waals surface area contributed by atoms with Crippen molar-refractivity contribution in [2.45, 2.75) is 31.0 Å². The van der Waals surface area contributed by atoms with Gasteiger partial charge in [0.25, 0.3) is 0 Å². The van der Waals surface area contributed by atoms with Gasteiger partial charge in [0.1, 0.15) is 29.8 Å². The number of aryl methyl sites for hydroxylation is 1. The number of benzene rings is 1. The number of anilines is 1. The predicted octanol–water partition coefficient (Wildman–Crippen LogP) is 3.08. The summed E-state index contributed by atoms with van der Waals surface area (Å²) < 4.78 is 38.5. The molecular formula is C27H30F2N8O. The second-order valence-corrected chi connectivity index (χ2v) is 10.6. The summed E-state index contributed by atoms with van der Waals surface area (Å²) in [5.74, 6) is 0.0870. The van der Waals surface area contributed by atoms with Crippen LogP contribution in [-0.2, 0) is 7.05 Å². The zero-order valence-corrected chi connectivity index (χ0v) is 21.3. The molecule has 0 aliphatic carbocycles. The number of hydrogen-bond donors (Lipinski definition) is 1. The van der Waals surface area contributed by atoms with E-state index in [1.807, 2.05) is 25.2 Å². The van der Waals surface area contributed by atoms with E-state index < -0.39 is 12.0 Å². The molecule has 0 saturated carbocycles. The van der Waals surface area contributed by atoms with E-state index in [2.05, 4.69) is 30.2 Å². The summed E-state index contributed by atoms with van der Waals surface area (Å²) in [6.07, 6.45) is 4.90. The van der Waals surface area contributed by atoms with Crippen LogP contribution in [0.2, 0.25) is 0 Å². The number of nitrogens with zero attached hydrogens (tertiary/aromatic N) is 7. The Morgan fingerprint density at radius 3 is 2.89 bits per heavy atom. The summed E-state index contributed by atoms with van der Waals surface area (Å²) in [5.41, 5.74) is 1.48. The van der Waals surface area contributed by atoms with Gasteiger partial charge in [-0.15, -0.1) is 0 Å². The average molecular weight is 521 g/mol. The Hall–Kier alpha value is -3.44. The first-order valence-corrected chi connectivity index (χ1v) is 13.3. The van der Waals surface area contributed by atoms with Crippen LogP contribution >= 0.6 is 0 Å². The molecule has 3 saturated heterocycles. The molecule has 11 heteroatoms. The summed E-state index contributed by atoms with van der Waals surface area (Å²) in [7, 11) is 1.83. The Bertz CT molecular complexity index is 1520. The number of para-hydroxylation sites is 1. The Morgan fingerprint density at radius 1 is 1.16 bits per heavy atom. The third-order valence-corrected chi connectivity index (χ3v) is 8.31. The van der Waals surface area contributed by atoms with Crippen molar-refractivity contribution in [1.29, 1.82) is 0 Å². The number of ether oxygens (including phenoxy) is 1. The highest BCUT2D eigenvalue weighted by atomic mass is 19.1. The van der Waals surface area contributed by atoms with E-state index in [0.29, 0.717) is 29.7 Å². The number of alkyl halides is 1. The highest BCUT2D eigenvalue weighted by Gasteiger charge is 2.49. The number of halogens is 2. The predicted molar refractivity (Wildman–Crippen MR) is 141 cm³/mol. The standard InChI is InChI=1S/C27H30F2N8O/c1-35-24-17(13-32-35)4-2-5-19(24)22-21(29)23-20(14-31-22)25(36-10-7-30-8-11-36)34-26(33-23)38-16-27-6-3-9-37(27)15-18(28)12-27/h2,4-5,13-14,18,30H,3,6-12,15-16H2,1H3/t18-,27+/m1/s1. The zero-order chi connectivity index (χ0) is 25.9. The molecule has 3 fully saturated rings. The van der Waals surface area contributed by atoms with Crippen molar-refractivity contribution in [2.24, 2.45) is 7.05 Å². The van der Waals surface area contributed by atoms with E-state index >= 15 is 4.39 Å². The van der Waals surface area contributed by atoms with Gasteiger partial charge >= 0.3 is 6.01 Å². The van der Waals surface area contributed by atoms with E-state index in [1.165, 1.54) is 0 Å². The molecule has 0 bridgehead atoms. The molecule has 1 aromatic carbocycles. The van der Waals surface area contributed by atoms with Crippen LogP contribution in [0.5, 0.6) is 6.01 Å². The number of piperazine rings is 1. The van der Waals surface area contributed by atoms with Crippen molar-refractivity contribution < 1.29 is 13.5 Å². The number of hydrogen-bond acceptors (Lipinski definition) is 8. The second-order valence-electron chi connectivity index (χ2n) is 10.6. The van der Waals surface area contributed by atoms with Gasteiger partial charge < -0.3 is 15.0 Å². The molecule has 2 atom stereocenters. The molecule has 0 amide bonds. The van der Waals surface area contributed by atoms with Crippen molar-refractivity contribution >= 4 is 27.6 Å². The molecule has 7 rings (SSSR count). The molecule has 0 spiro atoms. The molecule has 4 aromatic rings. The molecule has 3 aromatic heterocycles. The summed E-state index contributed by atoms with van der Waals surface area (Å²) in [5, 5.41) is 9.13. The lowest BCUT2D eigenvalue weighted by Gasteiger charge is -2.31. The maximum absolute atomic E-state index is 16.3. The third kappa shape index (κ3) is 3.79. The van der Waals surface area contributed by atoms with Crippen molar-refractivity contribution in [3.8, 4) is 17.3 Å². The van der Waals surface area contributed by atoms with Gasteiger partial charge in [-0.3, -0.25) is 14.6 Å². The smallest absolute Gasteiger partial charge is 0.319 e. The van der Waals surface area contributed by atoms with Crippen LogP contribution < -0.4 is 15.0 Å². The fraction of sp³-hybridized carbons (Fsp3) is 0.481. The van der Waals surface area contributed by atoms with Crippen LogP contribution in [0.4, 0.5) is 14.6 Å². The molecule has 0 radical (unpaired) electrons. The maximum atomic E-state index is 16.3. The highest BCUT2D eigenvalue weighted by Crippen LogP contribution is 2.41.